The molecule has 1 aliphatic carbocycles. The van der Waals surface area contributed by atoms with Gasteiger partial charge in [0.05, 0.1) is 4.90 Å². The Balaban J connectivity index is 1.77. The lowest BCUT2D eigenvalue weighted by atomic mass is 9.97. The molecule has 0 unspecified atom stereocenters. The molecule has 0 amide bonds. The number of guanidine groups is 1. The van der Waals surface area contributed by atoms with Crippen molar-refractivity contribution in [1.82, 2.24) is 10.6 Å². The predicted molar refractivity (Wildman–Crippen MR) is 98.9 cm³/mol. The first kappa shape index (κ1) is 18.5. The minimum atomic E-state index is -3.14. The van der Waals surface area contributed by atoms with E-state index in [9.17, 15) is 8.42 Å². The maximum atomic E-state index is 11.5. The van der Waals surface area contributed by atoms with Crippen molar-refractivity contribution in [3.05, 3.63) is 41.5 Å². The van der Waals surface area contributed by atoms with Crippen LogP contribution in [-0.4, -0.2) is 34.2 Å². The summed E-state index contributed by atoms with van der Waals surface area (Å²) in [5.41, 5.74) is 2.56. The molecule has 24 heavy (non-hydrogen) atoms. The van der Waals surface area contributed by atoms with Crippen molar-refractivity contribution in [2.45, 2.75) is 43.5 Å². The maximum absolute atomic E-state index is 11.5. The lowest BCUT2D eigenvalue weighted by molar-refractivity contribution is 0.602. The zero-order chi connectivity index (χ0) is 17.4. The van der Waals surface area contributed by atoms with E-state index < -0.39 is 9.84 Å². The number of rotatable bonds is 6. The van der Waals surface area contributed by atoms with Crippen molar-refractivity contribution in [1.29, 1.82) is 0 Å². The molecule has 0 fully saturated rings. The van der Waals surface area contributed by atoms with Gasteiger partial charge in [0.25, 0.3) is 0 Å². The fraction of sp³-hybridized carbons (Fsp3) is 0.500. The number of hydrogen-bond donors (Lipinski definition) is 2. The standard InChI is InChI=1S/C18H27N3O2S/c1-19-18(20-13-12-15-6-4-3-5-7-15)21-14-16-8-10-17(11-9-16)24(2,22)23/h6,8-11H,3-5,7,12-14H2,1-2H3,(H2,19,20,21). The van der Waals surface area contributed by atoms with Crippen molar-refractivity contribution >= 4 is 15.8 Å². The third kappa shape index (κ3) is 6.00. The smallest absolute Gasteiger partial charge is 0.191 e. The van der Waals surface area contributed by atoms with Gasteiger partial charge in [-0.15, -0.1) is 0 Å². The van der Waals surface area contributed by atoms with Crippen molar-refractivity contribution < 1.29 is 8.42 Å². The fourth-order valence-electron chi connectivity index (χ4n) is 2.73. The summed E-state index contributed by atoms with van der Waals surface area (Å²) in [5, 5.41) is 6.58. The second kappa shape index (κ2) is 8.87. The molecule has 0 spiro atoms. The van der Waals surface area contributed by atoms with E-state index in [1.165, 1.54) is 31.9 Å². The van der Waals surface area contributed by atoms with Crippen molar-refractivity contribution in [3.8, 4) is 0 Å². The SMILES string of the molecule is CN=C(NCCC1=CCCCC1)NCc1ccc(S(C)(=O)=O)cc1. The largest absolute Gasteiger partial charge is 0.356 e. The molecule has 0 heterocycles. The first-order valence-corrected chi connectivity index (χ1v) is 10.3. The van der Waals surface area contributed by atoms with Crippen molar-refractivity contribution in [2.75, 3.05) is 19.8 Å². The van der Waals surface area contributed by atoms with Crippen LogP contribution in [0.4, 0.5) is 0 Å². The van der Waals surface area contributed by atoms with Gasteiger partial charge in [0, 0.05) is 26.4 Å². The van der Waals surface area contributed by atoms with Crippen molar-refractivity contribution in [3.63, 3.8) is 0 Å². The highest BCUT2D eigenvalue weighted by atomic mass is 32.2. The van der Waals surface area contributed by atoms with Gasteiger partial charge in [-0.05, 0) is 49.8 Å². The quantitative estimate of drug-likeness (QED) is 0.470. The Morgan fingerprint density at radius 3 is 2.50 bits per heavy atom. The van der Waals surface area contributed by atoms with Gasteiger partial charge in [-0.2, -0.15) is 0 Å². The number of hydrogen-bond acceptors (Lipinski definition) is 3. The molecule has 1 aromatic carbocycles. The lowest BCUT2D eigenvalue weighted by Gasteiger charge is -2.15. The van der Waals surface area contributed by atoms with E-state index in [2.05, 4.69) is 21.7 Å². The molecule has 1 aromatic rings. The summed E-state index contributed by atoms with van der Waals surface area (Å²) in [6.07, 6.45) is 9.70. The molecule has 132 valence electrons. The van der Waals surface area contributed by atoms with Crippen molar-refractivity contribution in [2.24, 2.45) is 4.99 Å². The lowest BCUT2D eigenvalue weighted by Crippen LogP contribution is -2.37. The number of sulfone groups is 1. The average molecular weight is 350 g/mol. The van der Waals surface area contributed by atoms with Crippen LogP contribution in [0.1, 0.15) is 37.7 Å². The minimum absolute atomic E-state index is 0.342. The maximum Gasteiger partial charge on any atom is 0.191 e. The summed E-state index contributed by atoms with van der Waals surface area (Å²) in [7, 11) is -1.39. The van der Waals surface area contributed by atoms with Gasteiger partial charge in [-0.25, -0.2) is 8.42 Å². The molecule has 0 aromatic heterocycles. The highest BCUT2D eigenvalue weighted by Gasteiger charge is 2.07. The van der Waals surface area contributed by atoms with Crippen LogP contribution in [0.15, 0.2) is 45.8 Å². The molecular weight excluding hydrogens is 322 g/mol. The molecule has 0 saturated carbocycles. The predicted octanol–water partition coefficient (Wildman–Crippen LogP) is 2.65. The first-order valence-electron chi connectivity index (χ1n) is 8.40. The summed E-state index contributed by atoms with van der Waals surface area (Å²) in [5.74, 6) is 0.763. The Morgan fingerprint density at radius 1 is 1.17 bits per heavy atom. The Bertz CT molecular complexity index is 691. The molecule has 6 heteroatoms. The fourth-order valence-corrected chi connectivity index (χ4v) is 3.36. The van der Waals surface area contributed by atoms with Gasteiger partial charge in [-0.3, -0.25) is 4.99 Å². The number of allylic oxidation sites excluding steroid dienone is 1. The van der Waals surface area contributed by atoms with Gasteiger partial charge in [0.1, 0.15) is 0 Å². The van der Waals surface area contributed by atoms with Crippen LogP contribution in [-0.2, 0) is 16.4 Å². The van der Waals surface area contributed by atoms with Gasteiger partial charge < -0.3 is 10.6 Å². The molecule has 0 radical (unpaired) electrons. The van der Waals surface area contributed by atoms with Gasteiger partial charge in [0.15, 0.2) is 15.8 Å². The number of benzene rings is 1. The Kier molecular flexibility index (Phi) is 6.85. The van der Waals surface area contributed by atoms with Gasteiger partial charge in [-0.1, -0.05) is 23.8 Å². The van der Waals surface area contributed by atoms with Crippen LogP contribution in [0.5, 0.6) is 0 Å². The normalized spacial score (nSPS) is 15.8. The van der Waals surface area contributed by atoms with E-state index in [0.717, 1.165) is 24.5 Å². The number of nitrogens with zero attached hydrogens (tertiary/aromatic N) is 1. The van der Waals surface area contributed by atoms with E-state index in [0.29, 0.717) is 11.4 Å². The van der Waals surface area contributed by atoms with Crippen LogP contribution >= 0.6 is 0 Å². The van der Waals surface area contributed by atoms with Crippen LogP contribution in [0.3, 0.4) is 0 Å². The molecule has 2 rings (SSSR count). The molecular formula is C18H27N3O2S. The van der Waals surface area contributed by atoms with Crippen LogP contribution in [0.25, 0.3) is 0 Å². The second-order valence-corrected chi connectivity index (χ2v) is 8.14. The van der Waals surface area contributed by atoms with E-state index in [4.69, 9.17) is 0 Å². The van der Waals surface area contributed by atoms with E-state index in [-0.39, 0.29) is 0 Å². The van der Waals surface area contributed by atoms with Crippen LogP contribution in [0.2, 0.25) is 0 Å². The Hall–Kier alpha value is -1.82. The third-order valence-electron chi connectivity index (χ3n) is 4.16. The van der Waals surface area contributed by atoms with E-state index >= 15 is 0 Å². The summed E-state index contributed by atoms with van der Waals surface area (Å²) in [6.45, 7) is 1.48. The van der Waals surface area contributed by atoms with E-state index in [1.54, 1.807) is 24.8 Å². The van der Waals surface area contributed by atoms with Gasteiger partial charge >= 0.3 is 0 Å². The highest BCUT2D eigenvalue weighted by molar-refractivity contribution is 7.90. The summed E-state index contributed by atoms with van der Waals surface area (Å²) in [6, 6.07) is 6.92. The zero-order valence-corrected chi connectivity index (χ0v) is 15.3. The highest BCUT2D eigenvalue weighted by Crippen LogP contribution is 2.19. The average Bonchev–Trinajstić information content (AvgIpc) is 2.58. The van der Waals surface area contributed by atoms with E-state index in [1.807, 2.05) is 12.1 Å². The molecule has 5 nitrogen and oxygen atoms in total. The summed E-state index contributed by atoms with van der Waals surface area (Å²) in [4.78, 5) is 4.56. The first-order chi connectivity index (χ1) is 11.5. The zero-order valence-electron chi connectivity index (χ0n) is 14.5. The summed E-state index contributed by atoms with van der Waals surface area (Å²) >= 11 is 0. The van der Waals surface area contributed by atoms with Gasteiger partial charge in [0.2, 0.25) is 0 Å². The number of nitrogens with one attached hydrogen (secondary N) is 2. The molecule has 0 atom stereocenters. The molecule has 1 aliphatic rings. The number of aliphatic imine (C=N–C) groups is 1. The second-order valence-electron chi connectivity index (χ2n) is 6.13. The molecule has 2 N–H and O–H groups in total. The molecule has 0 saturated heterocycles. The third-order valence-corrected chi connectivity index (χ3v) is 5.29. The molecule has 0 aliphatic heterocycles. The van der Waals surface area contributed by atoms with Crippen LogP contribution in [0, 0.1) is 0 Å². The topological polar surface area (TPSA) is 70.6 Å². The Morgan fingerprint density at radius 2 is 1.92 bits per heavy atom. The summed E-state index contributed by atoms with van der Waals surface area (Å²) < 4.78 is 22.9. The monoisotopic (exact) mass is 349 g/mol. The van der Waals surface area contributed by atoms with Crippen LogP contribution < -0.4 is 10.6 Å². The molecule has 0 bridgehead atoms. The minimum Gasteiger partial charge on any atom is -0.356 e. The Labute approximate surface area is 145 Å².